The van der Waals surface area contributed by atoms with E-state index in [1.165, 1.54) is 19.0 Å². The van der Waals surface area contributed by atoms with E-state index in [4.69, 9.17) is 10.00 Å². The summed E-state index contributed by atoms with van der Waals surface area (Å²) in [6.45, 7) is 4.21. The van der Waals surface area contributed by atoms with Crippen LogP contribution in [-0.4, -0.2) is 78.1 Å². The van der Waals surface area contributed by atoms with Gasteiger partial charge in [-0.05, 0) is 37.7 Å². The van der Waals surface area contributed by atoms with Gasteiger partial charge < -0.3 is 19.9 Å². The van der Waals surface area contributed by atoms with Crippen LogP contribution in [0.1, 0.15) is 48.2 Å². The standard InChI is InChI=1S/C21H29N5O3/c22-11-16-9-19(23-12-16)21(28)24-13-18-4-3-17(26(18)14-15-1-2-15)10-20(27)25-5-7-29-8-6-25/h9,12,15,17-18,23H,1-8,10,13-14H2,(H,24,28)/t17-,18+/m1/s1. The van der Waals surface area contributed by atoms with Gasteiger partial charge in [-0.1, -0.05) is 0 Å². The lowest BCUT2D eigenvalue weighted by atomic mass is 10.1. The maximum absolute atomic E-state index is 12.7. The van der Waals surface area contributed by atoms with Gasteiger partial charge in [0, 0.05) is 50.9 Å². The maximum Gasteiger partial charge on any atom is 0.267 e. The van der Waals surface area contributed by atoms with E-state index in [1.807, 2.05) is 11.0 Å². The highest BCUT2D eigenvalue weighted by Crippen LogP contribution is 2.35. The number of aromatic nitrogens is 1. The molecule has 0 radical (unpaired) electrons. The molecule has 4 rings (SSSR count). The molecular weight excluding hydrogens is 370 g/mol. The predicted octanol–water partition coefficient (Wildman–Crippen LogP) is 1.11. The number of nitrogens with one attached hydrogen (secondary N) is 2. The van der Waals surface area contributed by atoms with E-state index in [2.05, 4.69) is 15.2 Å². The Kier molecular flexibility index (Phi) is 6.16. The molecule has 156 valence electrons. The molecule has 1 aliphatic carbocycles. The van der Waals surface area contributed by atoms with Crippen molar-refractivity contribution in [2.24, 2.45) is 5.92 Å². The first-order valence-corrected chi connectivity index (χ1v) is 10.6. The van der Waals surface area contributed by atoms with E-state index < -0.39 is 0 Å². The molecule has 8 nitrogen and oxygen atoms in total. The molecule has 1 saturated carbocycles. The van der Waals surface area contributed by atoms with Crippen LogP contribution in [0.5, 0.6) is 0 Å². The zero-order chi connectivity index (χ0) is 20.2. The minimum absolute atomic E-state index is 0.189. The Bertz CT molecular complexity index is 776. The minimum atomic E-state index is -0.189. The number of rotatable bonds is 7. The van der Waals surface area contributed by atoms with Crippen molar-refractivity contribution in [3.8, 4) is 6.07 Å². The number of nitrogens with zero attached hydrogens (tertiary/aromatic N) is 3. The molecule has 0 spiro atoms. The lowest BCUT2D eigenvalue weighted by molar-refractivity contribution is -0.136. The van der Waals surface area contributed by atoms with Crippen LogP contribution >= 0.6 is 0 Å². The fourth-order valence-electron chi connectivity index (χ4n) is 4.39. The van der Waals surface area contributed by atoms with E-state index in [-0.39, 0.29) is 23.9 Å². The summed E-state index contributed by atoms with van der Waals surface area (Å²) in [6, 6.07) is 4.10. The summed E-state index contributed by atoms with van der Waals surface area (Å²) in [4.78, 5) is 32.4. The Labute approximate surface area is 171 Å². The van der Waals surface area contributed by atoms with Crippen LogP contribution in [0.3, 0.4) is 0 Å². The summed E-state index contributed by atoms with van der Waals surface area (Å²) >= 11 is 0. The first-order valence-electron chi connectivity index (χ1n) is 10.6. The van der Waals surface area contributed by atoms with Crippen LogP contribution < -0.4 is 5.32 Å². The van der Waals surface area contributed by atoms with Crippen LogP contribution in [0.2, 0.25) is 0 Å². The normalized spacial score (nSPS) is 25.0. The first-order chi connectivity index (χ1) is 14.1. The quantitative estimate of drug-likeness (QED) is 0.715. The van der Waals surface area contributed by atoms with Gasteiger partial charge in [-0.3, -0.25) is 14.5 Å². The van der Waals surface area contributed by atoms with Crippen LogP contribution in [0, 0.1) is 17.2 Å². The molecule has 2 atom stereocenters. The highest BCUT2D eigenvalue weighted by molar-refractivity contribution is 5.92. The molecule has 1 aromatic rings. The van der Waals surface area contributed by atoms with Crippen molar-refractivity contribution in [2.75, 3.05) is 39.4 Å². The molecule has 0 aromatic carbocycles. The van der Waals surface area contributed by atoms with E-state index >= 15 is 0 Å². The number of amides is 2. The third-order valence-corrected chi connectivity index (χ3v) is 6.27. The van der Waals surface area contributed by atoms with Gasteiger partial charge in [-0.25, -0.2) is 0 Å². The van der Waals surface area contributed by atoms with Gasteiger partial charge >= 0.3 is 0 Å². The zero-order valence-electron chi connectivity index (χ0n) is 16.7. The second kappa shape index (κ2) is 8.97. The monoisotopic (exact) mass is 399 g/mol. The molecule has 0 bridgehead atoms. The number of aromatic amines is 1. The van der Waals surface area contributed by atoms with Crippen molar-refractivity contribution in [1.82, 2.24) is 20.1 Å². The van der Waals surface area contributed by atoms with Crippen LogP contribution in [0.15, 0.2) is 12.3 Å². The number of hydrogen-bond donors (Lipinski definition) is 2. The predicted molar refractivity (Wildman–Crippen MR) is 106 cm³/mol. The Morgan fingerprint density at radius 2 is 1.97 bits per heavy atom. The van der Waals surface area contributed by atoms with E-state index in [9.17, 15) is 9.59 Å². The summed E-state index contributed by atoms with van der Waals surface area (Å²) in [5.41, 5.74) is 0.861. The Morgan fingerprint density at radius 1 is 1.21 bits per heavy atom. The Morgan fingerprint density at radius 3 is 2.66 bits per heavy atom. The van der Waals surface area contributed by atoms with Gasteiger partial charge in [0.25, 0.3) is 5.91 Å². The van der Waals surface area contributed by atoms with Crippen LogP contribution in [0.25, 0.3) is 0 Å². The van der Waals surface area contributed by atoms with Gasteiger partial charge in [0.05, 0.1) is 18.8 Å². The molecule has 1 aromatic heterocycles. The molecule has 29 heavy (non-hydrogen) atoms. The molecule has 2 aliphatic heterocycles. The van der Waals surface area contributed by atoms with Gasteiger partial charge in [-0.15, -0.1) is 0 Å². The highest BCUT2D eigenvalue weighted by Gasteiger charge is 2.38. The van der Waals surface area contributed by atoms with Gasteiger partial charge in [0.1, 0.15) is 11.8 Å². The SMILES string of the molecule is N#Cc1c[nH]c(C(=O)NC[C@@H]2CC[C@H](CC(=O)N3CCOCC3)N2CC2CC2)c1. The average molecular weight is 399 g/mol. The second-order valence-electron chi connectivity index (χ2n) is 8.35. The number of carbonyl (C=O) groups excluding carboxylic acids is 2. The van der Waals surface area contributed by atoms with Crippen molar-refractivity contribution in [3.63, 3.8) is 0 Å². The molecule has 8 heteroatoms. The minimum Gasteiger partial charge on any atom is -0.378 e. The number of carbonyl (C=O) groups is 2. The summed E-state index contributed by atoms with van der Waals surface area (Å²) in [5.74, 6) is 0.763. The lowest BCUT2D eigenvalue weighted by Gasteiger charge is -2.33. The smallest absolute Gasteiger partial charge is 0.267 e. The highest BCUT2D eigenvalue weighted by atomic mass is 16.5. The molecule has 2 saturated heterocycles. The molecule has 3 aliphatic rings. The van der Waals surface area contributed by atoms with Crippen molar-refractivity contribution in [1.29, 1.82) is 5.26 Å². The number of likely N-dealkylation sites (tertiary alicyclic amines) is 1. The summed E-state index contributed by atoms with van der Waals surface area (Å²) < 4.78 is 5.35. The number of hydrogen-bond acceptors (Lipinski definition) is 5. The number of ether oxygens (including phenoxy) is 1. The maximum atomic E-state index is 12.7. The van der Waals surface area contributed by atoms with E-state index in [0.29, 0.717) is 50.5 Å². The van der Waals surface area contributed by atoms with E-state index in [0.717, 1.165) is 25.3 Å². The Balaban J connectivity index is 1.33. The van der Waals surface area contributed by atoms with Crippen LogP contribution in [-0.2, 0) is 9.53 Å². The van der Waals surface area contributed by atoms with Gasteiger partial charge in [-0.2, -0.15) is 5.26 Å². The zero-order valence-corrected chi connectivity index (χ0v) is 16.7. The third-order valence-electron chi connectivity index (χ3n) is 6.27. The second-order valence-corrected chi connectivity index (χ2v) is 8.35. The van der Waals surface area contributed by atoms with Crippen molar-refractivity contribution >= 4 is 11.8 Å². The molecule has 2 amide bonds. The van der Waals surface area contributed by atoms with Crippen molar-refractivity contribution in [2.45, 2.75) is 44.2 Å². The Hall–Kier alpha value is -2.37. The summed E-state index contributed by atoms with van der Waals surface area (Å²) in [5, 5.41) is 11.9. The topological polar surface area (TPSA) is 101 Å². The molecular formula is C21H29N5O3. The third kappa shape index (κ3) is 4.98. The number of morpholine rings is 1. The molecule has 3 heterocycles. The first kappa shape index (κ1) is 19.9. The number of nitriles is 1. The summed E-state index contributed by atoms with van der Waals surface area (Å²) in [6.07, 6.45) is 6.60. The van der Waals surface area contributed by atoms with Gasteiger partial charge in [0.2, 0.25) is 5.91 Å². The van der Waals surface area contributed by atoms with Crippen molar-refractivity contribution in [3.05, 3.63) is 23.5 Å². The fourth-order valence-corrected chi connectivity index (χ4v) is 4.39. The fraction of sp³-hybridized carbons (Fsp3) is 0.667. The summed E-state index contributed by atoms with van der Waals surface area (Å²) in [7, 11) is 0. The van der Waals surface area contributed by atoms with Crippen LogP contribution in [0.4, 0.5) is 0 Å². The van der Waals surface area contributed by atoms with Crippen molar-refractivity contribution < 1.29 is 14.3 Å². The van der Waals surface area contributed by atoms with E-state index in [1.54, 1.807) is 6.07 Å². The number of H-pyrrole nitrogens is 1. The molecule has 0 unspecified atom stereocenters. The molecule has 2 N–H and O–H groups in total. The molecule has 3 fully saturated rings. The lowest BCUT2D eigenvalue weighted by Crippen LogP contribution is -2.47. The van der Waals surface area contributed by atoms with Gasteiger partial charge in [0.15, 0.2) is 0 Å². The average Bonchev–Trinajstić information content (AvgIpc) is 3.30. The largest absolute Gasteiger partial charge is 0.378 e.